The van der Waals surface area contributed by atoms with Gasteiger partial charge < -0.3 is 19.4 Å². The molecule has 3 rings (SSSR count). The third-order valence-electron chi connectivity index (χ3n) is 3.48. The number of nitrogen functional groups attached to an aromatic ring is 1. The van der Waals surface area contributed by atoms with Crippen LogP contribution in [-0.2, 0) is 10.5 Å². The van der Waals surface area contributed by atoms with Crippen molar-refractivity contribution in [1.82, 2.24) is 14.9 Å². The van der Waals surface area contributed by atoms with E-state index in [0.717, 1.165) is 11.3 Å². The molecule has 2 N–H and O–H groups in total. The van der Waals surface area contributed by atoms with Crippen molar-refractivity contribution in [2.45, 2.75) is 24.8 Å². The Balaban J connectivity index is 1.75. The lowest BCUT2D eigenvalue weighted by molar-refractivity contribution is 0.0599. The Bertz CT molecular complexity index is 880. The fraction of sp³-hybridized carbons (Fsp3) is 0.267. The monoisotopic (exact) mass is 348 g/mol. The summed E-state index contributed by atoms with van der Waals surface area (Å²) in [7, 11) is 1.33. The molecule has 8 nitrogen and oxygen atoms in total. The summed E-state index contributed by atoms with van der Waals surface area (Å²) in [6.45, 7) is 3.54. The third-order valence-corrected chi connectivity index (χ3v) is 4.45. The summed E-state index contributed by atoms with van der Waals surface area (Å²) in [5.74, 6) is 8.47. The van der Waals surface area contributed by atoms with Crippen molar-refractivity contribution in [2.24, 2.45) is 0 Å². The number of rotatable bonds is 5. The molecule has 126 valence electrons. The van der Waals surface area contributed by atoms with Gasteiger partial charge in [0.05, 0.1) is 24.7 Å². The van der Waals surface area contributed by atoms with Crippen molar-refractivity contribution in [3.05, 3.63) is 41.2 Å². The second kappa shape index (κ2) is 6.44. The minimum absolute atomic E-state index is 0.414. The van der Waals surface area contributed by atoms with Crippen LogP contribution >= 0.6 is 11.8 Å². The normalized spacial score (nSPS) is 11.0. The molecule has 0 bridgehead atoms. The van der Waals surface area contributed by atoms with Gasteiger partial charge in [-0.3, -0.25) is 0 Å². The average molecular weight is 348 g/mol. The number of methoxy groups -OCH3 is 1. The summed E-state index contributed by atoms with van der Waals surface area (Å²) >= 11 is 1.35. The molecule has 0 radical (unpaired) electrons. The number of furan rings is 2. The topological polar surface area (TPSA) is 109 Å². The van der Waals surface area contributed by atoms with Crippen LogP contribution in [0.5, 0.6) is 0 Å². The minimum atomic E-state index is -0.424. The van der Waals surface area contributed by atoms with Crippen LogP contribution < -0.4 is 5.84 Å². The Morgan fingerprint density at radius 3 is 2.83 bits per heavy atom. The molecule has 0 saturated heterocycles. The molecule has 0 aromatic carbocycles. The summed E-state index contributed by atoms with van der Waals surface area (Å²) < 4.78 is 16.9. The quantitative estimate of drug-likeness (QED) is 0.425. The molecular formula is C15H16N4O4S. The first-order valence-corrected chi connectivity index (χ1v) is 8.05. The number of carbonyl (C=O) groups excluding carboxylic acids is 1. The lowest BCUT2D eigenvalue weighted by Crippen LogP contribution is -2.11. The molecule has 0 fully saturated rings. The number of carbonyl (C=O) groups is 1. The molecule has 24 heavy (non-hydrogen) atoms. The van der Waals surface area contributed by atoms with Gasteiger partial charge in [0.25, 0.3) is 0 Å². The van der Waals surface area contributed by atoms with Crippen molar-refractivity contribution in [3.8, 4) is 11.4 Å². The van der Waals surface area contributed by atoms with E-state index in [4.69, 9.17) is 19.4 Å². The van der Waals surface area contributed by atoms with Crippen LogP contribution in [-0.4, -0.2) is 28.0 Å². The van der Waals surface area contributed by atoms with E-state index in [0.29, 0.717) is 33.8 Å². The lowest BCUT2D eigenvalue weighted by atomic mass is 10.2. The highest BCUT2D eigenvalue weighted by Crippen LogP contribution is 2.28. The smallest absolute Gasteiger partial charge is 0.341 e. The van der Waals surface area contributed by atoms with Crippen LogP contribution in [0.25, 0.3) is 11.4 Å². The molecule has 0 aliphatic rings. The van der Waals surface area contributed by atoms with Crippen LogP contribution in [0.4, 0.5) is 0 Å². The largest absolute Gasteiger partial charge is 0.469 e. The van der Waals surface area contributed by atoms with E-state index in [-0.39, 0.29) is 0 Å². The number of hydrogen-bond donors (Lipinski definition) is 1. The van der Waals surface area contributed by atoms with Gasteiger partial charge in [-0.2, -0.15) is 0 Å². The lowest BCUT2D eigenvalue weighted by Gasteiger charge is -2.01. The highest BCUT2D eigenvalue weighted by Gasteiger charge is 2.18. The van der Waals surface area contributed by atoms with E-state index >= 15 is 0 Å². The second-order valence-corrected chi connectivity index (χ2v) is 5.97. The fourth-order valence-electron chi connectivity index (χ4n) is 2.24. The number of nitrogens with two attached hydrogens (primary N) is 1. The first-order chi connectivity index (χ1) is 11.5. The maximum atomic E-state index is 11.6. The van der Waals surface area contributed by atoms with E-state index in [1.54, 1.807) is 25.3 Å². The summed E-state index contributed by atoms with van der Waals surface area (Å²) in [4.78, 5) is 11.6. The second-order valence-electron chi connectivity index (χ2n) is 5.03. The molecule has 9 heteroatoms. The third kappa shape index (κ3) is 2.90. The van der Waals surface area contributed by atoms with Crippen molar-refractivity contribution >= 4 is 17.7 Å². The molecule has 0 unspecified atom stereocenters. The zero-order valence-electron chi connectivity index (χ0n) is 13.4. The van der Waals surface area contributed by atoms with Gasteiger partial charge in [-0.05, 0) is 26.0 Å². The first-order valence-electron chi connectivity index (χ1n) is 7.06. The van der Waals surface area contributed by atoms with Crippen LogP contribution in [0.1, 0.15) is 27.6 Å². The van der Waals surface area contributed by atoms with E-state index in [9.17, 15) is 4.79 Å². The number of esters is 1. The number of aryl methyl sites for hydroxylation is 2. The summed E-state index contributed by atoms with van der Waals surface area (Å²) in [5.41, 5.74) is 1.20. The molecule has 0 aliphatic carbocycles. The van der Waals surface area contributed by atoms with Gasteiger partial charge in [-0.25, -0.2) is 9.47 Å². The first kappa shape index (κ1) is 16.2. The molecule has 0 amide bonds. The number of ether oxygens (including phenoxy) is 1. The Labute approximate surface area is 141 Å². The zero-order chi connectivity index (χ0) is 17.3. The van der Waals surface area contributed by atoms with Crippen molar-refractivity contribution in [3.63, 3.8) is 0 Å². The van der Waals surface area contributed by atoms with Gasteiger partial charge in [0.2, 0.25) is 5.16 Å². The van der Waals surface area contributed by atoms with Crippen LogP contribution in [0.15, 0.2) is 32.4 Å². The standard InChI is InChI=1S/C15H16N4O4S/c1-8-11(4-5-22-8)13-17-18-15(19(13)16)24-7-10-6-12(9(2)23-10)14(20)21-3/h4-6H,7,16H2,1-3H3. The van der Waals surface area contributed by atoms with Gasteiger partial charge in [-0.1, -0.05) is 11.8 Å². The summed E-state index contributed by atoms with van der Waals surface area (Å²) in [6, 6.07) is 3.45. The molecular weight excluding hydrogens is 332 g/mol. The predicted molar refractivity (Wildman–Crippen MR) is 87.0 cm³/mol. The Kier molecular flexibility index (Phi) is 4.34. The number of hydrogen-bond acceptors (Lipinski definition) is 8. The molecule has 3 heterocycles. The molecule has 0 atom stereocenters. The molecule has 3 aromatic rings. The number of aromatic nitrogens is 3. The maximum absolute atomic E-state index is 11.6. The Morgan fingerprint density at radius 1 is 1.38 bits per heavy atom. The number of thioether (sulfide) groups is 1. The van der Waals surface area contributed by atoms with Crippen LogP contribution in [0.3, 0.4) is 0 Å². The molecule has 0 saturated carbocycles. The molecule has 0 spiro atoms. The van der Waals surface area contributed by atoms with Crippen molar-refractivity contribution in [1.29, 1.82) is 0 Å². The van der Waals surface area contributed by atoms with Gasteiger partial charge in [0.1, 0.15) is 22.8 Å². The minimum Gasteiger partial charge on any atom is -0.469 e. The Morgan fingerprint density at radius 2 is 2.17 bits per heavy atom. The van der Waals surface area contributed by atoms with Crippen LogP contribution in [0, 0.1) is 13.8 Å². The Hall–Kier alpha value is -2.68. The number of nitrogens with zero attached hydrogens (tertiary/aromatic N) is 3. The van der Waals surface area contributed by atoms with E-state index < -0.39 is 5.97 Å². The van der Waals surface area contributed by atoms with Gasteiger partial charge in [0, 0.05) is 0 Å². The van der Waals surface area contributed by atoms with Gasteiger partial charge in [-0.15, -0.1) is 10.2 Å². The average Bonchev–Trinajstić information content (AvgIpc) is 3.24. The summed E-state index contributed by atoms with van der Waals surface area (Å²) in [6.07, 6.45) is 1.58. The van der Waals surface area contributed by atoms with E-state index in [1.165, 1.54) is 23.5 Å². The van der Waals surface area contributed by atoms with Crippen LogP contribution in [0.2, 0.25) is 0 Å². The SMILES string of the molecule is COC(=O)c1cc(CSc2nnc(-c3ccoc3C)n2N)oc1C. The fourth-order valence-corrected chi connectivity index (χ4v) is 2.98. The molecule has 0 aliphatic heterocycles. The van der Waals surface area contributed by atoms with Crippen molar-refractivity contribution < 1.29 is 18.4 Å². The predicted octanol–water partition coefficient (Wildman–Crippen LogP) is 2.54. The van der Waals surface area contributed by atoms with Gasteiger partial charge >= 0.3 is 5.97 Å². The molecule has 3 aromatic heterocycles. The zero-order valence-corrected chi connectivity index (χ0v) is 14.2. The summed E-state index contributed by atoms with van der Waals surface area (Å²) in [5, 5.41) is 8.71. The highest BCUT2D eigenvalue weighted by molar-refractivity contribution is 7.98. The van der Waals surface area contributed by atoms with E-state index in [1.807, 2.05) is 6.92 Å². The van der Waals surface area contributed by atoms with Gasteiger partial charge in [0.15, 0.2) is 5.82 Å². The van der Waals surface area contributed by atoms with E-state index in [2.05, 4.69) is 10.2 Å². The maximum Gasteiger partial charge on any atom is 0.341 e. The highest BCUT2D eigenvalue weighted by atomic mass is 32.2. The van der Waals surface area contributed by atoms with Crippen molar-refractivity contribution in [2.75, 3.05) is 13.0 Å².